The average molecular weight is 661 g/mol. The average Bonchev–Trinajstić information content (AvgIpc) is 3.50. The molecule has 0 saturated heterocycles. The molecule has 11 nitrogen and oxygen atoms in total. The number of carbonyl (C=O) groups is 1. The van der Waals surface area contributed by atoms with E-state index in [4.69, 9.17) is 24.9 Å². The van der Waals surface area contributed by atoms with Gasteiger partial charge in [0.25, 0.3) is 0 Å². The van der Waals surface area contributed by atoms with E-state index in [-0.39, 0.29) is 46.2 Å². The van der Waals surface area contributed by atoms with Crippen LogP contribution in [0.25, 0.3) is 11.4 Å². The first-order valence-electron chi connectivity index (χ1n) is 11.5. The summed E-state index contributed by atoms with van der Waals surface area (Å²) in [6, 6.07) is 15.3. The normalized spacial score (nSPS) is 9.67. The topological polar surface area (TPSA) is 159 Å². The van der Waals surface area contributed by atoms with Gasteiger partial charge in [-0.1, -0.05) is 57.7 Å². The molecule has 46 heavy (non-hydrogen) atoms. The summed E-state index contributed by atoms with van der Waals surface area (Å²) in [5.41, 5.74) is 6.39. The second-order valence-corrected chi connectivity index (χ2v) is 8.21. The van der Waals surface area contributed by atoms with Crippen LogP contribution >= 0.6 is 0 Å². The van der Waals surface area contributed by atoms with Gasteiger partial charge in [-0.25, -0.2) is 9.36 Å². The van der Waals surface area contributed by atoms with Gasteiger partial charge in [-0.15, -0.1) is 0 Å². The lowest BCUT2D eigenvalue weighted by Crippen LogP contribution is -2.11. The summed E-state index contributed by atoms with van der Waals surface area (Å²) in [5.74, 6) is -0.526. The Bertz CT molecular complexity index is 1550. The van der Waals surface area contributed by atoms with Gasteiger partial charge in [0.05, 0.1) is 11.4 Å². The Kier molecular flexibility index (Phi) is 19.2. The molecule has 3 N–H and O–H groups in total. The van der Waals surface area contributed by atoms with Crippen molar-refractivity contribution in [2.45, 2.75) is 55.4 Å². The number of alkyl halides is 6. The van der Waals surface area contributed by atoms with E-state index in [9.17, 15) is 31.1 Å². The fourth-order valence-corrected chi connectivity index (χ4v) is 3.10. The summed E-state index contributed by atoms with van der Waals surface area (Å²) < 4.78 is 77.5. The van der Waals surface area contributed by atoms with Crippen LogP contribution < -0.4 is 11.1 Å². The van der Waals surface area contributed by atoms with Crippen molar-refractivity contribution in [3.05, 3.63) is 83.2 Å². The van der Waals surface area contributed by atoms with Gasteiger partial charge in [-0.3, -0.25) is 4.79 Å². The number of halogens is 6. The Morgan fingerprint density at radius 2 is 1.02 bits per heavy atom. The Balaban J connectivity index is -0.000000654. The van der Waals surface area contributed by atoms with Crippen LogP contribution in [0.4, 0.5) is 38.0 Å². The van der Waals surface area contributed by atoms with Crippen molar-refractivity contribution in [3.63, 3.8) is 0 Å². The van der Waals surface area contributed by atoms with Gasteiger partial charge in [0.2, 0.25) is 5.91 Å². The Labute approximate surface area is 261 Å². The van der Waals surface area contributed by atoms with Crippen LogP contribution in [0.2, 0.25) is 0 Å². The van der Waals surface area contributed by atoms with E-state index in [1.54, 1.807) is 48.5 Å². The van der Waals surface area contributed by atoms with Gasteiger partial charge in [-0.05, 0) is 38.1 Å². The predicted octanol–water partition coefficient (Wildman–Crippen LogP) is 6.68. The number of hydrogen-bond acceptors (Lipinski definition) is 8. The summed E-state index contributed by atoms with van der Waals surface area (Å²) in [6.07, 6.45) is -8.55. The Morgan fingerprint density at radius 3 is 1.35 bits per heavy atom. The largest absolute Gasteiger partial charge is 0.435 e. The van der Waals surface area contributed by atoms with Crippen LogP contribution in [0.1, 0.15) is 51.7 Å². The van der Waals surface area contributed by atoms with Crippen molar-refractivity contribution < 1.29 is 50.3 Å². The zero-order valence-electron chi connectivity index (χ0n) is 22.4. The highest BCUT2D eigenvalue weighted by Crippen LogP contribution is 2.32. The number of anilines is 2. The molecule has 2 aromatic carbocycles. The van der Waals surface area contributed by atoms with Crippen LogP contribution in [-0.4, -0.2) is 37.8 Å². The Morgan fingerprint density at radius 1 is 0.696 bits per heavy atom. The molecule has 0 bridgehead atoms. The minimum atomic E-state index is -4.57. The molecule has 0 aliphatic rings. The maximum atomic E-state index is 12.7. The van der Waals surface area contributed by atoms with E-state index in [0.717, 1.165) is 32.6 Å². The highest BCUT2D eigenvalue weighted by atomic mass is 19.4. The minimum Gasteiger partial charge on any atom is -0.384 e. The first-order valence-corrected chi connectivity index (χ1v) is 11.5. The van der Waals surface area contributed by atoms with Crippen molar-refractivity contribution >= 4 is 29.8 Å². The molecular formula is C29H34F6N6O5. The van der Waals surface area contributed by atoms with Crippen LogP contribution in [0.5, 0.6) is 0 Å². The molecular weight excluding hydrogens is 626 g/mol. The molecule has 0 fully saturated rings. The minimum absolute atomic E-state index is 0. The third-order valence-electron chi connectivity index (χ3n) is 4.89. The first kappa shape index (κ1) is 44.9. The van der Waals surface area contributed by atoms with Gasteiger partial charge in [-0.2, -0.15) is 55.7 Å². The second-order valence-electron chi connectivity index (χ2n) is 8.21. The van der Waals surface area contributed by atoms with Gasteiger partial charge >= 0.3 is 24.7 Å². The van der Waals surface area contributed by atoms with Crippen molar-refractivity contribution in [2.24, 2.45) is 0 Å². The van der Waals surface area contributed by atoms with Crippen molar-refractivity contribution in [2.75, 3.05) is 11.1 Å². The highest BCUT2D eigenvalue weighted by molar-refractivity contribution is 5.88. The lowest BCUT2D eigenvalue weighted by Gasteiger charge is -2.07. The molecule has 0 radical (unpaired) electrons. The molecule has 0 unspecified atom stereocenters. The highest BCUT2D eigenvalue weighted by Gasteiger charge is 2.36. The fourth-order valence-electron chi connectivity index (χ4n) is 3.10. The molecule has 4 rings (SSSR count). The monoisotopic (exact) mass is 660 g/mol. The summed E-state index contributed by atoms with van der Waals surface area (Å²) in [4.78, 5) is 43.6. The fraction of sp³-hybridized carbons (Fsp3) is 0.276. The van der Waals surface area contributed by atoms with E-state index >= 15 is 0 Å². The third kappa shape index (κ3) is 13.8. The molecule has 0 spiro atoms. The van der Waals surface area contributed by atoms with E-state index in [2.05, 4.69) is 15.5 Å². The van der Waals surface area contributed by atoms with Gasteiger partial charge in [0, 0.05) is 19.1 Å². The number of carbonyl (C=O) groups excluding carboxylic acids is 5. The van der Waals surface area contributed by atoms with Crippen molar-refractivity contribution in [3.8, 4) is 11.4 Å². The molecule has 0 aliphatic heterocycles. The predicted molar refractivity (Wildman–Crippen MR) is 156 cm³/mol. The second kappa shape index (κ2) is 19.7. The molecule has 2 heterocycles. The molecule has 0 atom stereocenters. The quantitative estimate of drug-likeness (QED) is 0.230. The van der Waals surface area contributed by atoms with Crippen molar-refractivity contribution in [1.82, 2.24) is 19.6 Å². The van der Waals surface area contributed by atoms with Gasteiger partial charge in [0.1, 0.15) is 11.6 Å². The molecule has 1 amide bonds. The summed E-state index contributed by atoms with van der Waals surface area (Å²) in [5, 5.41) is 9.30. The van der Waals surface area contributed by atoms with Gasteiger partial charge < -0.3 is 11.1 Å². The van der Waals surface area contributed by atoms with Gasteiger partial charge in [0.15, 0.2) is 11.4 Å². The molecule has 252 valence electrons. The SMILES string of the molecule is C.C.C.CC(=O)Nc1cc(C(F)(F)F)nn1-c1ccc(C)cc1.Cc1ccc(-n2nc(C(F)(F)F)cc2N)cc1.O=C=O.O=C=O. The van der Waals surface area contributed by atoms with E-state index < -0.39 is 29.6 Å². The number of nitrogens with two attached hydrogens (primary N) is 1. The van der Waals surface area contributed by atoms with E-state index in [0.29, 0.717) is 11.4 Å². The number of benzene rings is 2. The maximum absolute atomic E-state index is 12.7. The zero-order chi connectivity index (χ0) is 33.0. The van der Waals surface area contributed by atoms with Crippen LogP contribution in [0, 0.1) is 13.8 Å². The number of nitrogen functional groups attached to an aromatic ring is 1. The number of hydrogen-bond donors (Lipinski definition) is 2. The molecule has 4 aromatic rings. The number of aryl methyl sites for hydroxylation is 2. The molecule has 17 heteroatoms. The number of aromatic nitrogens is 4. The Hall–Kier alpha value is -5.53. The third-order valence-corrected chi connectivity index (χ3v) is 4.89. The standard InChI is InChI=1S/C13H12F3N3O.C11H10F3N3.2CO2.3CH4/c1-8-3-5-10(6-4-8)19-12(17-9(2)20)7-11(18-19)13(14,15)16;1-7-2-4-8(5-3-7)17-10(15)6-9(16-17)11(12,13)14;2*2-1-3;;;/h3-7H,1-2H3,(H,17,20);2-6H,15H2,1H3;;;3*1H4. The molecule has 2 aromatic heterocycles. The number of nitrogens with zero attached hydrogens (tertiary/aromatic N) is 4. The lowest BCUT2D eigenvalue weighted by molar-refractivity contribution is -0.193. The number of amides is 1. The molecule has 0 saturated carbocycles. The lowest BCUT2D eigenvalue weighted by atomic mass is 10.2. The molecule has 0 aliphatic carbocycles. The van der Waals surface area contributed by atoms with E-state index in [1.165, 1.54) is 6.92 Å². The van der Waals surface area contributed by atoms with Crippen LogP contribution in [0.15, 0.2) is 60.7 Å². The van der Waals surface area contributed by atoms with Crippen molar-refractivity contribution in [1.29, 1.82) is 0 Å². The van der Waals surface area contributed by atoms with Crippen LogP contribution in [0.3, 0.4) is 0 Å². The maximum Gasteiger partial charge on any atom is 0.435 e. The smallest absolute Gasteiger partial charge is 0.384 e. The van der Waals surface area contributed by atoms with E-state index in [1.807, 2.05) is 13.8 Å². The summed E-state index contributed by atoms with van der Waals surface area (Å²) in [6.45, 7) is 4.97. The summed E-state index contributed by atoms with van der Waals surface area (Å²) in [7, 11) is 0. The summed E-state index contributed by atoms with van der Waals surface area (Å²) >= 11 is 0. The first-order chi connectivity index (χ1) is 20.0. The number of rotatable bonds is 3. The van der Waals surface area contributed by atoms with Crippen LogP contribution in [-0.2, 0) is 36.3 Å². The number of nitrogens with one attached hydrogen (secondary N) is 1. The zero-order valence-corrected chi connectivity index (χ0v) is 22.4.